The van der Waals surface area contributed by atoms with Crippen LogP contribution in [0, 0.1) is 5.92 Å². The van der Waals surface area contributed by atoms with Gasteiger partial charge in [0.1, 0.15) is 0 Å². The van der Waals surface area contributed by atoms with Gasteiger partial charge in [0.05, 0.1) is 0 Å². The summed E-state index contributed by atoms with van der Waals surface area (Å²) in [5, 5.41) is 0. The van der Waals surface area contributed by atoms with E-state index in [1.54, 1.807) is 0 Å². The smallest absolute Gasteiger partial charge is 0.0494 e. The molecular formula is C10H21NO. The summed E-state index contributed by atoms with van der Waals surface area (Å²) in [7, 11) is 0. The molecule has 0 spiro atoms. The third kappa shape index (κ3) is 3.55. The standard InChI is InChI=1S/C10H21NO/c1-2-6-12-8-9-4-3-5-10(11)7-9/h9-10H,2-8,11H2,1H3. The van der Waals surface area contributed by atoms with Gasteiger partial charge in [0.2, 0.25) is 0 Å². The van der Waals surface area contributed by atoms with Crippen LogP contribution in [0.4, 0.5) is 0 Å². The van der Waals surface area contributed by atoms with Crippen LogP contribution in [0.1, 0.15) is 39.0 Å². The quantitative estimate of drug-likeness (QED) is 0.656. The van der Waals surface area contributed by atoms with Crippen LogP contribution in [0.5, 0.6) is 0 Å². The summed E-state index contributed by atoms with van der Waals surface area (Å²) >= 11 is 0. The first-order chi connectivity index (χ1) is 5.83. The van der Waals surface area contributed by atoms with Crippen molar-refractivity contribution in [2.75, 3.05) is 13.2 Å². The van der Waals surface area contributed by atoms with Crippen LogP contribution in [0.2, 0.25) is 0 Å². The van der Waals surface area contributed by atoms with Crippen LogP contribution in [0.3, 0.4) is 0 Å². The molecule has 0 heterocycles. The summed E-state index contributed by atoms with van der Waals surface area (Å²) in [5.41, 5.74) is 5.87. The van der Waals surface area contributed by atoms with Crippen molar-refractivity contribution in [1.29, 1.82) is 0 Å². The van der Waals surface area contributed by atoms with Crippen LogP contribution in [0.15, 0.2) is 0 Å². The second kappa shape index (κ2) is 5.55. The molecule has 0 radical (unpaired) electrons. The van der Waals surface area contributed by atoms with E-state index in [0.717, 1.165) is 25.6 Å². The van der Waals surface area contributed by atoms with Crippen molar-refractivity contribution in [3.05, 3.63) is 0 Å². The second-order valence-corrected chi connectivity index (χ2v) is 3.87. The van der Waals surface area contributed by atoms with E-state index in [1.165, 1.54) is 25.7 Å². The maximum absolute atomic E-state index is 5.87. The summed E-state index contributed by atoms with van der Waals surface area (Å²) in [6, 6.07) is 0.439. The lowest BCUT2D eigenvalue weighted by Gasteiger charge is -2.26. The van der Waals surface area contributed by atoms with Crippen molar-refractivity contribution in [3.8, 4) is 0 Å². The Labute approximate surface area is 75.5 Å². The Balaban J connectivity index is 2.06. The van der Waals surface area contributed by atoms with Crippen molar-refractivity contribution < 1.29 is 4.74 Å². The van der Waals surface area contributed by atoms with Crippen molar-refractivity contribution in [1.82, 2.24) is 0 Å². The van der Waals surface area contributed by atoms with E-state index in [2.05, 4.69) is 6.92 Å². The molecule has 1 fully saturated rings. The Bertz CT molecular complexity index is 116. The van der Waals surface area contributed by atoms with Gasteiger partial charge in [-0.3, -0.25) is 0 Å². The van der Waals surface area contributed by atoms with Gasteiger partial charge < -0.3 is 10.5 Å². The molecule has 2 heteroatoms. The highest BCUT2D eigenvalue weighted by Crippen LogP contribution is 2.23. The normalized spacial score (nSPS) is 30.5. The van der Waals surface area contributed by atoms with E-state index in [4.69, 9.17) is 10.5 Å². The summed E-state index contributed by atoms with van der Waals surface area (Å²) in [6.07, 6.45) is 6.12. The minimum atomic E-state index is 0.439. The Hall–Kier alpha value is -0.0800. The molecule has 1 aliphatic carbocycles. The van der Waals surface area contributed by atoms with E-state index in [1.807, 2.05) is 0 Å². The number of nitrogens with two attached hydrogens (primary N) is 1. The van der Waals surface area contributed by atoms with Crippen LogP contribution < -0.4 is 5.73 Å². The molecule has 0 aromatic carbocycles. The molecule has 2 N–H and O–H groups in total. The first-order valence-corrected chi connectivity index (χ1v) is 5.16. The van der Waals surface area contributed by atoms with E-state index < -0.39 is 0 Å². The fourth-order valence-electron chi connectivity index (χ4n) is 1.88. The minimum absolute atomic E-state index is 0.439. The molecule has 1 aliphatic rings. The van der Waals surface area contributed by atoms with Crippen LogP contribution in [0.25, 0.3) is 0 Å². The third-order valence-electron chi connectivity index (χ3n) is 2.53. The van der Waals surface area contributed by atoms with Crippen molar-refractivity contribution in [2.24, 2.45) is 11.7 Å². The van der Waals surface area contributed by atoms with Gasteiger partial charge in [-0.25, -0.2) is 0 Å². The predicted octanol–water partition coefficient (Wildman–Crippen LogP) is 1.93. The summed E-state index contributed by atoms with van der Waals surface area (Å²) in [4.78, 5) is 0. The molecule has 0 saturated heterocycles. The second-order valence-electron chi connectivity index (χ2n) is 3.87. The van der Waals surface area contributed by atoms with E-state index in [-0.39, 0.29) is 0 Å². The Morgan fingerprint density at radius 2 is 2.25 bits per heavy atom. The molecule has 12 heavy (non-hydrogen) atoms. The Morgan fingerprint density at radius 3 is 2.92 bits per heavy atom. The summed E-state index contributed by atoms with van der Waals surface area (Å²) in [6.45, 7) is 3.99. The number of ether oxygens (including phenoxy) is 1. The summed E-state index contributed by atoms with van der Waals surface area (Å²) in [5.74, 6) is 0.736. The molecule has 0 aromatic heterocycles. The minimum Gasteiger partial charge on any atom is -0.381 e. The molecular weight excluding hydrogens is 150 g/mol. The molecule has 0 amide bonds. The first-order valence-electron chi connectivity index (χ1n) is 5.16. The van der Waals surface area contributed by atoms with Crippen LogP contribution >= 0.6 is 0 Å². The van der Waals surface area contributed by atoms with Gasteiger partial charge in [-0.15, -0.1) is 0 Å². The number of rotatable bonds is 4. The van der Waals surface area contributed by atoms with Gasteiger partial charge in [-0.05, 0) is 31.6 Å². The molecule has 2 unspecified atom stereocenters. The average Bonchev–Trinajstić information content (AvgIpc) is 2.05. The topological polar surface area (TPSA) is 35.2 Å². The van der Waals surface area contributed by atoms with E-state index in [0.29, 0.717) is 6.04 Å². The van der Waals surface area contributed by atoms with Crippen LogP contribution in [-0.2, 0) is 4.74 Å². The zero-order valence-electron chi connectivity index (χ0n) is 8.09. The fourth-order valence-corrected chi connectivity index (χ4v) is 1.88. The lowest BCUT2D eigenvalue weighted by Crippen LogP contribution is -2.29. The van der Waals surface area contributed by atoms with Gasteiger partial charge in [0.25, 0.3) is 0 Å². The first kappa shape index (κ1) is 10.0. The highest BCUT2D eigenvalue weighted by Gasteiger charge is 2.18. The number of hydrogen-bond donors (Lipinski definition) is 1. The van der Waals surface area contributed by atoms with Crippen molar-refractivity contribution in [3.63, 3.8) is 0 Å². The van der Waals surface area contributed by atoms with Gasteiger partial charge in [-0.1, -0.05) is 13.3 Å². The molecule has 2 nitrogen and oxygen atoms in total. The molecule has 1 rings (SSSR count). The molecule has 1 saturated carbocycles. The van der Waals surface area contributed by atoms with E-state index >= 15 is 0 Å². The zero-order chi connectivity index (χ0) is 8.81. The molecule has 0 aliphatic heterocycles. The monoisotopic (exact) mass is 171 g/mol. The predicted molar refractivity (Wildman–Crippen MR) is 51.0 cm³/mol. The van der Waals surface area contributed by atoms with Gasteiger partial charge in [-0.2, -0.15) is 0 Å². The fraction of sp³-hybridized carbons (Fsp3) is 1.00. The number of hydrogen-bond acceptors (Lipinski definition) is 2. The molecule has 0 bridgehead atoms. The summed E-state index contributed by atoms with van der Waals surface area (Å²) < 4.78 is 5.52. The van der Waals surface area contributed by atoms with Crippen LogP contribution in [-0.4, -0.2) is 19.3 Å². The molecule has 0 aromatic rings. The van der Waals surface area contributed by atoms with Gasteiger partial charge >= 0.3 is 0 Å². The SMILES string of the molecule is CCCOCC1CCCC(N)C1. The Morgan fingerprint density at radius 1 is 1.42 bits per heavy atom. The highest BCUT2D eigenvalue weighted by molar-refractivity contribution is 4.74. The lowest BCUT2D eigenvalue weighted by atomic mass is 9.87. The lowest BCUT2D eigenvalue weighted by molar-refractivity contribution is 0.0824. The van der Waals surface area contributed by atoms with Gasteiger partial charge in [0, 0.05) is 19.3 Å². The average molecular weight is 171 g/mol. The van der Waals surface area contributed by atoms with Crippen molar-refractivity contribution in [2.45, 2.75) is 45.1 Å². The third-order valence-corrected chi connectivity index (χ3v) is 2.53. The Kier molecular flexibility index (Phi) is 4.62. The largest absolute Gasteiger partial charge is 0.381 e. The van der Waals surface area contributed by atoms with Gasteiger partial charge in [0.15, 0.2) is 0 Å². The van der Waals surface area contributed by atoms with E-state index in [9.17, 15) is 0 Å². The molecule has 72 valence electrons. The van der Waals surface area contributed by atoms with Crippen molar-refractivity contribution >= 4 is 0 Å². The highest BCUT2D eigenvalue weighted by atomic mass is 16.5. The maximum atomic E-state index is 5.87. The molecule has 2 atom stereocenters. The zero-order valence-corrected chi connectivity index (χ0v) is 8.09. The maximum Gasteiger partial charge on any atom is 0.0494 e.